The minimum Gasteiger partial charge on any atom is -0.299 e. The van der Waals surface area contributed by atoms with E-state index in [1.807, 2.05) is 6.07 Å². The van der Waals surface area contributed by atoms with Crippen molar-refractivity contribution >= 4 is 21.6 Å². The number of piperidine rings is 1. The highest BCUT2D eigenvalue weighted by molar-refractivity contribution is 7.89. The van der Waals surface area contributed by atoms with E-state index in [1.165, 1.54) is 0 Å². The molecule has 7 heteroatoms. The molecule has 0 bridgehead atoms. The van der Waals surface area contributed by atoms with Crippen molar-refractivity contribution in [2.24, 2.45) is 5.14 Å². The van der Waals surface area contributed by atoms with Crippen molar-refractivity contribution in [1.82, 2.24) is 9.88 Å². The van der Waals surface area contributed by atoms with Crippen molar-refractivity contribution in [3.8, 4) is 0 Å². The SMILES string of the molecule is NS(=O)(=O)C1CCN(Cc2ccncc2Cl)CC1. The summed E-state index contributed by atoms with van der Waals surface area (Å²) in [5.41, 5.74) is 1.01. The van der Waals surface area contributed by atoms with E-state index in [1.54, 1.807) is 12.4 Å². The molecule has 0 aromatic carbocycles. The third-order valence-electron chi connectivity index (χ3n) is 3.25. The van der Waals surface area contributed by atoms with Gasteiger partial charge in [0.05, 0.1) is 10.3 Å². The van der Waals surface area contributed by atoms with Gasteiger partial charge in [0.2, 0.25) is 10.0 Å². The number of nitrogens with two attached hydrogens (primary N) is 1. The Labute approximate surface area is 112 Å². The molecule has 0 saturated carbocycles. The summed E-state index contributed by atoms with van der Waals surface area (Å²) in [5.74, 6) is 0. The molecule has 2 heterocycles. The number of halogens is 1. The molecule has 1 saturated heterocycles. The van der Waals surface area contributed by atoms with Crippen molar-refractivity contribution in [2.75, 3.05) is 13.1 Å². The lowest BCUT2D eigenvalue weighted by Gasteiger charge is -2.30. The zero-order valence-corrected chi connectivity index (χ0v) is 11.5. The van der Waals surface area contributed by atoms with Crippen LogP contribution in [0.15, 0.2) is 18.5 Å². The van der Waals surface area contributed by atoms with Gasteiger partial charge in [-0.15, -0.1) is 0 Å². The van der Waals surface area contributed by atoms with Gasteiger partial charge in [0, 0.05) is 18.9 Å². The maximum atomic E-state index is 11.2. The molecule has 0 atom stereocenters. The molecule has 2 rings (SSSR count). The molecule has 2 N–H and O–H groups in total. The van der Waals surface area contributed by atoms with Gasteiger partial charge < -0.3 is 0 Å². The molecule has 0 spiro atoms. The molecule has 100 valence electrons. The van der Waals surface area contributed by atoms with Gasteiger partial charge in [-0.2, -0.15) is 0 Å². The van der Waals surface area contributed by atoms with E-state index in [4.69, 9.17) is 16.7 Å². The first-order chi connectivity index (χ1) is 8.47. The molecule has 0 radical (unpaired) electrons. The van der Waals surface area contributed by atoms with Gasteiger partial charge in [-0.25, -0.2) is 13.6 Å². The molecule has 1 aliphatic heterocycles. The van der Waals surface area contributed by atoms with Crippen molar-refractivity contribution in [3.63, 3.8) is 0 Å². The van der Waals surface area contributed by atoms with Crippen molar-refractivity contribution in [3.05, 3.63) is 29.0 Å². The predicted octanol–water partition coefficient (Wildman–Crippen LogP) is 0.988. The smallest absolute Gasteiger partial charge is 0.212 e. The van der Waals surface area contributed by atoms with E-state index in [-0.39, 0.29) is 0 Å². The standard InChI is InChI=1S/C11H16ClN3O2S/c12-11-7-14-4-1-9(11)8-15-5-2-10(3-6-15)18(13,16)17/h1,4,7,10H,2-3,5-6,8H2,(H2,13,16,17). The Balaban J connectivity index is 1.94. The fraction of sp³-hybridized carbons (Fsp3) is 0.545. The van der Waals surface area contributed by atoms with Gasteiger partial charge in [0.15, 0.2) is 0 Å². The molecule has 0 aliphatic carbocycles. The van der Waals surface area contributed by atoms with E-state index in [0.29, 0.717) is 17.9 Å². The van der Waals surface area contributed by atoms with Crippen LogP contribution in [0.2, 0.25) is 5.02 Å². The molecule has 5 nitrogen and oxygen atoms in total. The number of aromatic nitrogens is 1. The molecule has 1 aromatic heterocycles. The summed E-state index contributed by atoms with van der Waals surface area (Å²) in [6.45, 7) is 2.16. The minimum atomic E-state index is -3.39. The zero-order valence-electron chi connectivity index (χ0n) is 9.92. The normalized spacial score (nSPS) is 19.0. The Morgan fingerprint density at radius 3 is 2.67 bits per heavy atom. The van der Waals surface area contributed by atoms with Crippen LogP contribution in [0.5, 0.6) is 0 Å². The Morgan fingerprint density at radius 2 is 2.11 bits per heavy atom. The Morgan fingerprint density at radius 1 is 1.44 bits per heavy atom. The van der Waals surface area contributed by atoms with Crippen molar-refractivity contribution in [2.45, 2.75) is 24.6 Å². The number of likely N-dealkylation sites (tertiary alicyclic amines) is 1. The summed E-state index contributed by atoms with van der Waals surface area (Å²) in [6.07, 6.45) is 4.50. The lowest BCUT2D eigenvalue weighted by atomic mass is 10.1. The van der Waals surface area contributed by atoms with Gasteiger partial charge in [0.25, 0.3) is 0 Å². The van der Waals surface area contributed by atoms with Crippen LogP contribution < -0.4 is 5.14 Å². The molecule has 18 heavy (non-hydrogen) atoms. The lowest BCUT2D eigenvalue weighted by Crippen LogP contribution is -2.41. The highest BCUT2D eigenvalue weighted by atomic mass is 35.5. The first kappa shape index (κ1) is 13.7. The number of pyridine rings is 1. The van der Waals surface area contributed by atoms with Gasteiger partial charge in [-0.3, -0.25) is 9.88 Å². The summed E-state index contributed by atoms with van der Waals surface area (Å²) in [4.78, 5) is 6.12. The van der Waals surface area contributed by atoms with E-state index < -0.39 is 15.3 Å². The first-order valence-electron chi connectivity index (χ1n) is 5.79. The molecule has 1 aromatic rings. The zero-order chi connectivity index (χ0) is 13.2. The van der Waals surface area contributed by atoms with Crippen molar-refractivity contribution < 1.29 is 8.42 Å². The van der Waals surface area contributed by atoms with Crippen LogP contribution in [-0.4, -0.2) is 36.6 Å². The highest BCUT2D eigenvalue weighted by Crippen LogP contribution is 2.20. The third-order valence-corrected chi connectivity index (χ3v) is 4.99. The largest absolute Gasteiger partial charge is 0.299 e. The number of nitrogens with zero attached hydrogens (tertiary/aromatic N) is 2. The van der Waals surface area contributed by atoms with Gasteiger partial charge >= 0.3 is 0 Å². The lowest BCUT2D eigenvalue weighted by molar-refractivity contribution is 0.222. The van der Waals surface area contributed by atoms with Crippen LogP contribution in [-0.2, 0) is 16.6 Å². The summed E-state index contributed by atoms with van der Waals surface area (Å²) in [7, 11) is -3.39. The van der Waals surface area contributed by atoms with Gasteiger partial charge in [-0.05, 0) is 37.6 Å². The van der Waals surface area contributed by atoms with Crippen LogP contribution in [0.4, 0.5) is 0 Å². The van der Waals surface area contributed by atoms with Crippen LogP contribution in [0, 0.1) is 0 Å². The topological polar surface area (TPSA) is 76.3 Å². The van der Waals surface area contributed by atoms with E-state index in [0.717, 1.165) is 25.2 Å². The molecular weight excluding hydrogens is 274 g/mol. The summed E-state index contributed by atoms with van der Waals surface area (Å²) in [5, 5.41) is 5.40. The molecular formula is C11H16ClN3O2S. The first-order valence-corrected chi connectivity index (χ1v) is 7.78. The van der Waals surface area contributed by atoms with E-state index in [2.05, 4.69) is 9.88 Å². The number of hydrogen-bond donors (Lipinski definition) is 1. The summed E-state index contributed by atoms with van der Waals surface area (Å²) in [6, 6.07) is 1.88. The number of sulfonamides is 1. The second-order valence-electron chi connectivity index (χ2n) is 4.53. The molecule has 0 unspecified atom stereocenters. The third kappa shape index (κ3) is 3.41. The predicted molar refractivity (Wildman–Crippen MR) is 70.7 cm³/mol. The fourth-order valence-electron chi connectivity index (χ4n) is 2.17. The van der Waals surface area contributed by atoms with Crippen LogP contribution >= 0.6 is 11.6 Å². The number of hydrogen-bond acceptors (Lipinski definition) is 4. The average molecular weight is 290 g/mol. The maximum Gasteiger partial charge on any atom is 0.212 e. The van der Waals surface area contributed by atoms with Crippen LogP contribution in [0.3, 0.4) is 0 Å². The van der Waals surface area contributed by atoms with E-state index in [9.17, 15) is 8.42 Å². The summed E-state index contributed by atoms with van der Waals surface area (Å²) >= 11 is 6.04. The van der Waals surface area contributed by atoms with E-state index >= 15 is 0 Å². The van der Waals surface area contributed by atoms with Gasteiger partial charge in [0.1, 0.15) is 0 Å². The molecule has 0 amide bonds. The average Bonchev–Trinajstić information content (AvgIpc) is 2.32. The number of rotatable bonds is 3. The quantitative estimate of drug-likeness (QED) is 0.900. The Bertz CT molecular complexity index is 513. The number of primary sulfonamides is 1. The summed E-state index contributed by atoms with van der Waals surface area (Å²) < 4.78 is 22.5. The Kier molecular flexibility index (Phi) is 4.21. The Hall–Kier alpha value is -0.690. The van der Waals surface area contributed by atoms with Crippen LogP contribution in [0.25, 0.3) is 0 Å². The fourth-order valence-corrected chi connectivity index (χ4v) is 3.22. The second kappa shape index (κ2) is 5.52. The highest BCUT2D eigenvalue weighted by Gasteiger charge is 2.27. The second-order valence-corrected chi connectivity index (χ2v) is 6.78. The molecule has 1 fully saturated rings. The van der Waals surface area contributed by atoms with Gasteiger partial charge in [-0.1, -0.05) is 11.6 Å². The maximum absolute atomic E-state index is 11.2. The van der Waals surface area contributed by atoms with Crippen LogP contribution in [0.1, 0.15) is 18.4 Å². The minimum absolute atomic E-state index is 0.401. The molecule has 1 aliphatic rings. The van der Waals surface area contributed by atoms with Crippen molar-refractivity contribution in [1.29, 1.82) is 0 Å². The monoisotopic (exact) mass is 289 g/mol.